The summed E-state index contributed by atoms with van der Waals surface area (Å²) < 4.78 is 5.03. The minimum Gasteiger partial charge on any atom is -0.461 e. The normalized spacial score (nSPS) is 10.6. The molecule has 0 unspecified atom stereocenters. The van der Waals surface area contributed by atoms with Crippen LogP contribution in [0, 0.1) is 0 Å². The first-order valence-corrected chi connectivity index (χ1v) is 8.99. The van der Waals surface area contributed by atoms with Crippen LogP contribution < -0.4 is 5.32 Å². The first-order chi connectivity index (χ1) is 12.2. The van der Waals surface area contributed by atoms with Gasteiger partial charge in [0.05, 0.1) is 0 Å². The number of carbonyl (C=O) groups excluding carboxylic acids is 1. The smallest absolute Gasteiger partial charge is 0.302 e. The van der Waals surface area contributed by atoms with Crippen molar-refractivity contribution in [1.29, 1.82) is 0 Å². The van der Waals surface area contributed by atoms with E-state index < -0.39 is 0 Å². The van der Waals surface area contributed by atoms with Crippen molar-refractivity contribution < 1.29 is 9.53 Å². The molecule has 3 rings (SSSR count). The molecule has 1 aromatic heterocycles. The molecule has 0 aliphatic heterocycles. The molecular weight excluding hydrogens is 332 g/mol. The molecule has 0 fully saturated rings. The summed E-state index contributed by atoms with van der Waals surface area (Å²) >= 11 is 1.65. The van der Waals surface area contributed by atoms with Crippen LogP contribution >= 0.6 is 11.3 Å². The molecule has 1 N–H and O–H groups in total. The van der Waals surface area contributed by atoms with E-state index >= 15 is 0 Å². The number of hydrogen-bond donors (Lipinski definition) is 1. The van der Waals surface area contributed by atoms with Crippen LogP contribution in [0.3, 0.4) is 0 Å². The van der Waals surface area contributed by atoms with Crippen molar-refractivity contribution in [2.75, 3.05) is 0 Å². The quantitative estimate of drug-likeness (QED) is 0.649. The van der Waals surface area contributed by atoms with Crippen LogP contribution in [0.15, 0.2) is 60.1 Å². The van der Waals surface area contributed by atoms with E-state index in [1.54, 1.807) is 11.3 Å². The van der Waals surface area contributed by atoms with Crippen LogP contribution in [0.2, 0.25) is 0 Å². The fourth-order valence-electron chi connectivity index (χ4n) is 2.50. The van der Waals surface area contributed by atoms with Crippen molar-refractivity contribution in [1.82, 2.24) is 10.3 Å². The molecule has 0 radical (unpaired) electrons. The van der Waals surface area contributed by atoms with Gasteiger partial charge < -0.3 is 10.1 Å². The van der Waals surface area contributed by atoms with Gasteiger partial charge in [0.25, 0.3) is 0 Å². The number of benzene rings is 2. The maximum absolute atomic E-state index is 10.9. The molecule has 0 atom stereocenters. The third kappa shape index (κ3) is 5.24. The summed E-state index contributed by atoms with van der Waals surface area (Å²) in [7, 11) is 0. The highest BCUT2D eigenvalue weighted by Gasteiger charge is 2.01. The predicted molar refractivity (Wildman–Crippen MR) is 100 cm³/mol. The van der Waals surface area contributed by atoms with Crippen molar-refractivity contribution >= 4 is 17.3 Å². The van der Waals surface area contributed by atoms with E-state index in [0.717, 1.165) is 29.2 Å². The number of thiazole rings is 1. The van der Waals surface area contributed by atoms with E-state index in [9.17, 15) is 4.79 Å². The number of carbonyl (C=O) groups is 1. The zero-order chi connectivity index (χ0) is 17.5. The summed E-state index contributed by atoms with van der Waals surface area (Å²) in [5.74, 6) is -0.260. The monoisotopic (exact) mass is 352 g/mol. The average molecular weight is 352 g/mol. The molecule has 0 aliphatic carbocycles. The van der Waals surface area contributed by atoms with Crippen LogP contribution in [-0.4, -0.2) is 11.0 Å². The summed E-state index contributed by atoms with van der Waals surface area (Å²) in [6.45, 7) is 3.31. The standard InChI is InChI=1S/C20H20N2O2S/c1-15(23)24-14-18-4-2-3-17(11-18)13-21-12-16-5-7-19(8-6-16)20-22-9-10-25-20/h2-11,21H,12-14H2,1H3. The Labute approximate surface area is 151 Å². The summed E-state index contributed by atoms with van der Waals surface area (Å²) in [6, 6.07) is 16.5. The number of rotatable bonds is 7. The Bertz CT molecular complexity index is 814. The van der Waals surface area contributed by atoms with Crippen molar-refractivity contribution in [3.8, 4) is 10.6 Å². The number of hydrogen-bond acceptors (Lipinski definition) is 5. The summed E-state index contributed by atoms with van der Waals surface area (Å²) in [6.07, 6.45) is 1.82. The van der Waals surface area contributed by atoms with E-state index in [2.05, 4.69) is 46.7 Å². The van der Waals surface area contributed by atoms with Gasteiger partial charge in [-0.2, -0.15) is 0 Å². The third-order valence-electron chi connectivity index (χ3n) is 3.72. The highest BCUT2D eigenvalue weighted by atomic mass is 32.1. The summed E-state index contributed by atoms with van der Waals surface area (Å²) in [5.41, 5.74) is 4.56. The molecule has 0 spiro atoms. The number of esters is 1. The Kier molecular flexibility index (Phi) is 5.93. The lowest BCUT2D eigenvalue weighted by molar-refractivity contribution is -0.142. The fourth-order valence-corrected chi connectivity index (χ4v) is 3.14. The molecular formula is C20H20N2O2S. The van der Waals surface area contributed by atoms with Gasteiger partial charge in [-0.1, -0.05) is 48.5 Å². The lowest BCUT2D eigenvalue weighted by atomic mass is 10.1. The van der Waals surface area contributed by atoms with Gasteiger partial charge in [0.1, 0.15) is 11.6 Å². The van der Waals surface area contributed by atoms with Crippen LogP contribution in [0.1, 0.15) is 23.6 Å². The van der Waals surface area contributed by atoms with E-state index in [4.69, 9.17) is 4.74 Å². The molecule has 5 heteroatoms. The highest BCUT2D eigenvalue weighted by Crippen LogP contribution is 2.21. The topological polar surface area (TPSA) is 51.2 Å². The Balaban J connectivity index is 1.51. The van der Waals surface area contributed by atoms with Crippen LogP contribution in [-0.2, 0) is 29.2 Å². The lowest BCUT2D eigenvalue weighted by Crippen LogP contribution is -2.12. The average Bonchev–Trinajstić information content (AvgIpc) is 3.16. The van der Waals surface area contributed by atoms with Gasteiger partial charge in [-0.3, -0.25) is 4.79 Å². The first-order valence-electron chi connectivity index (χ1n) is 8.11. The Morgan fingerprint density at radius 3 is 2.56 bits per heavy atom. The minimum atomic E-state index is -0.260. The fraction of sp³-hybridized carbons (Fsp3) is 0.200. The Morgan fingerprint density at radius 2 is 1.84 bits per heavy atom. The molecule has 0 aliphatic rings. The largest absolute Gasteiger partial charge is 0.461 e. The molecule has 128 valence electrons. The molecule has 2 aromatic carbocycles. The van der Waals surface area contributed by atoms with E-state index in [-0.39, 0.29) is 5.97 Å². The van der Waals surface area contributed by atoms with Gasteiger partial charge in [0.15, 0.2) is 0 Å². The van der Waals surface area contributed by atoms with Crippen LogP contribution in [0.4, 0.5) is 0 Å². The third-order valence-corrected chi connectivity index (χ3v) is 4.55. The van der Waals surface area contributed by atoms with E-state index in [1.807, 2.05) is 23.7 Å². The predicted octanol–water partition coefficient (Wildman–Crippen LogP) is 4.16. The minimum absolute atomic E-state index is 0.260. The Morgan fingerprint density at radius 1 is 1.08 bits per heavy atom. The number of nitrogens with one attached hydrogen (secondary N) is 1. The lowest BCUT2D eigenvalue weighted by Gasteiger charge is -2.08. The second-order valence-corrected chi connectivity index (χ2v) is 6.63. The molecule has 0 amide bonds. The van der Waals surface area contributed by atoms with Gasteiger partial charge in [-0.05, 0) is 16.7 Å². The van der Waals surface area contributed by atoms with Gasteiger partial charge in [-0.25, -0.2) is 4.98 Å². The summed E-state index contributed by atoms with van der Waals surface area (Å²) in [5, 5.41) is 6.48. The molecule has 3 aromatic rings. The second kappa shape index (κ2) is 8.55. The second-order valence-electron chi connectivity index (χ2n) is 5.74. The molecule has 4 nitrogen and oxygen atoms in total. The maximum Gasteiger partial charge on any atom is 0.302 e. The van der Waals surface area contributed by atoms with Crippen molar-refractivity contribution in [3.63, 3.8) is 0 Å². The first kappa shape index (κ1) is 17.3. The molecule has 0 bridgehead atoms. The number of ether oxygens (including phenoxy) is 1. The highest BCUT2D eigenvalue weighted by molar-refractivity contribution is 7.13. The summed E-state index contributed by atoms with van der Waals surface area (Å²) in [4.78, 5) is 15.2. The Hall–Kier alpha value is -2.50. The molecule has 0 saturated carbocycles. The van der Waals surface area contributed by atoms with Crippen molar-refractivity contribution in [3.05, 3.63) is 76.8 Å². The van der Waals surface area contributed by atoms with Gasteiger partial charge >= 0.3 is 5.97 Å². The van der Waals surface area contributed by atoms with Gasteiger partial charge in [0, 0.05) is 37.2 Å². The van der Waals surface area contributed by atoms with Crippen LogP contribution in [0.25, 0.3) is 10.6 Å². The zero-order valence-electron chi connectivity index (χ0n) is 14.1. The van der Waals surface area contributed by atoms with Crippen molar-refractivity contribution in [2.24, 2.45) is 0 Å². The van der Waals surface area contributed by atoms with Gasteiger partial charge in [-0.15, -0.1) is 11.3 Å². The van der Waals surface area contributed by atoms with E-state index in [0.29, 0.717) is 6.61 Å². The van der Waals surface area contributed by atoms with Crippen molar-refractivity contribution in [2.45, 2.75) is 26.6 Å². The number of nitrogens with zero attached hydrogens (tertiary/aromatic N) is 1. The SMILES string of the molecule is CC(=O)OCc1cccc(CNCc2ccc(-c3nccs3)cc2)c1. The molecule has 0 saturated heterocycles. The molecule has 25 heavy (non-hydrogen) atoms. The van der Waals surface area contributed by atoms with Gasteiger partial charge in [0.2, 0.25) is 0 Å². The van der Waals surface area contributed by atoms with Crippen LogP contribution in [0.5, 0.6) is 0 Å². The molecule has 1 heterocycles. The van der Waals surface area contributed by atoms with E-state index in [1.165, 1.54) is 18.1 Å². The maximum atomic E-state index is 10.9. The number of aromatic nitrogens is 1. The zero-order valence-corrected chi connectivity index (χ0v) is 14.9.